The Morgan fingerprint density at radius 3 is 2.09 bits per heavy atom. The van der Waals surface area contributed by atoms with Gasteiger partial charge in [0.05, 0.1) is 6.10 Å². The molecule has 0 saturated heterocycles. The maximum atomic E-state index is 6.68. The van der Waals surface area contributed by atoms with Crippen LogP contribution in [0.1, 0.15) is 71.6 Å². The van der Waals surface area contributed by atoms with Gasteiger partial charge in [-0.2, -0.15) is 0 Å². The summed E-state index contributed by atoms with van der Waals surface area (Å²) in [4.78, 5) is 0. The fourth-order valence-electron chi connectivity index (χ4n) is 4.10. The first-order chi connectivity index (χ1) is 10.6. The molecule has 3 heteroatoms. The average Bonchev–Trinajstić information content (AvgIpc) is 2.53. The lowest BCUT2D eigenvalue weighted by atomic mass is 9.73. The molecule has 1 aromatic rings. The van der Waals surface area contributed by atoms with Crippen LogP contribution in [-0.2, 0) is 4.74 Å². The van der Waals surface area contributed by atoms with Crippen LogP contribution in [0.4, 0.5) is 0 Å². The SMILES string of the molecule is CC1(Oc2ccccc2)CCCCC1(C)OC1CCCCC1.O. The lowest BCUT2D eigenvalue weighted by Crippen LogP contribution is -2.59. The molecule has 0 amide bonds. The molecule has 2 saturated carbocycles. The summed E-state index contributed by atoms with van der Waals surface area (Å²) in [6.45, 7) is 4.53. The van der Waals surface area contributed by atoms with Crippen molar-refractivity contribution in [2.45, 2.75) is 88.9 Å². The Kier molecular flexibility index (Phi) is 6.10. The van der Waals surface area contributed by atoms with Gasteiger partial charge < -0.3 is 14.9 Å². The molecule has 0 radical (unpaired) electrons. The van der Waals surface area contributed by atoms with E-state index < -0.39 is 0 Å². The van der Waals surface area contributed by atoms with Crippen LogP contribution in [0.2, 0.25) is 0 Å². The van der Waals surface area contributed by atoms with Crippen molar-refractivity contribution in [1.29, 1.82) is 0 Å². The number of ether oxygens (including phenoxy) is 2. The summed E-state index contributed by atoms with van der Waals surface area (Å²) in [5.74, 6) is 0.963. The van der Waals surface area contributed by atoms with Crippen molar-refractivity contribution < 1.29 is 14.9 Å². The molecular formula is C20H32O3. The fourth-order valence-corrected chi connectivity index (χ4v) is 4.10. The van der Waals surface area contributed by atoms with E-state index in [1.54, 1.807) is 0 Å². The second-order valence-corrected chi connectivity index (χ2v) is 7.46. The van der Waals surface area contributed by atoms with Crippen LogP contribution in [-0.4, -0.2) is 22.8 Å². The van der Waals surface area contributed by atoms with Gasteiger partial charge in [-0.3, -0.25) is 0 Å². The van der Waals surface area contributed by atoms with E-state index in [4.69, 9.17) is 9.47 Å². The van der Waals surface area contributed by atoms with Gasteiger partial charge in [0.25, 0.3) is 0 Å². The molecule has 0 aliphatic heterocycles. The van der Waals surface area contributed by atoms with Gasteiger partial charge in [0.2, 0.25) is 0 Å². The van der Waals surface area contributed by atoms with Crippen LogP contribution < -0.4 is 4.74 Å². The van der Waals surface area contributed by atoms with E-state index in [1.807, 2.05) is 18.2 Å². The Morgan fingerprint density at radius 1 is 0.826 bits per heavy atom. The third kappa shape index (κ3) is 4.07. The highest BCUT2D eigenvalue weighted by Gasteiger charge is 2.50. The third-order valence-corrected chi connectivity index (χ3v) is 5.74. The molecule has 0 aromatic heterocycles. The number of para-hydroxylation sites is 1. The smallest absolute Gasteiger partial charge is 0.135 e. The summed E-state index contributed by atoms with van der Waals surface area (Å²) >= 11 is 0. The second kappa shape index (κ2) is 7.67. The minimum Gasteiger partial charge on any atom is -0.485 e. The van der Waals surface area contributed by atoms with E-state index in [9.17, 15) is 0 Å². The molecule has 23 heavy (non-hydrogen) atoms. The standard InChI is InChI=1S/C20H30O2.H2O/c1-19(21-17-11-5-3-6-12-17)15-9-10-16-20(19,2)22-18-13-7-4-8-14-18;/h3,5-6,11-12,18H,4,7-10,13-16H2,1-2H3;1H2. The molecule has 2 atom stereocenters. The lowest BCUT2D eigenvalue weighted by Gasteiger charge is -2.51. The molecule has 0 bridgehead atoms. The molecule has 2 unspecified atom stereocenters. The van der Waals surface area contributed by atoms with Crippen LogP contribution in [0.3, 0.4) is 0 Å². The lowest BCUT2D eigenvalue weighted by molar-refractivity contribution is -0.203. The Hall–Kier alpha value is -1.06. The van der Waals surface area contributed by atoms with Crippen LogP contribution >= 0.6 is 0 Å². The predicted molar refractivity (Wildman–Crippen MR) is 93.9 cm³/mol. The van der Waals surface area contributed by atoms with E-state index in [-0.39, 0.29) is 16.7 Å². The zero-order valence-electron chi connectivity index (χ0n) is 14.6. The van der Waals surface area contributed by atoms with Crippen molar-refractivity contribution >= 4 is 0 Å². The first kappa shape index (κ1) is 18.3. The van der Waals surface area contributed by atoms with Gasteiger partial charge >= 0.3 is 0 Å². The minimum atomic E-state index is -0.232. The maximum Gasteiger partial charge on any atom is 0.135 e. The molecule has 2 aliphatic carbocycles. The van der Waals surface area contributed by atoms with E-state index >= 15 is 0 Å². The number of hydrogen-bond acceptors (Lipinski definition) is 2. The third-order valence-electron chi connectivity index (χ3n) is 5.74. The van der Waals surface area contributed by atoms with Gasteiger partial charge in [-0.25, -0.2) is 0 Å². The Labute approximate surface area is 140 Å². The summed E-state index contributed by atoms with van der Waals surface area (Å²) in [5.41, 5.74) is -0.410. The molecular weight excluding hydrogens is 288 g/mol. The van der Waals surface area contributed by atoms with Crippen molar-refractivity contribution in [3.05, 3.63) is 30.3 Å². The number of hydrogen-bond donors (Lipinski definition) is 0. The van der Waals surface area contributed by atoms with Crippen LogP contribution in [0.5, 0.6) is 5.75 Å². The molecule has 2 N–H and O–H groups in total. The van der Waals surface area contributed by atoms with Gasteiger partial charge in [0.15, 0.2) is 0 Å². The van der Waals surface area contributed by atoms with E-state index in [0.29, 0.717) is 6.10 Å². The quantitative estimate of drug-likeness (QED) is 0.808. The highest BCUT2D eigenvalue weighted by atomic mass is 16.6. The van der Waals surface area contributed by atoms with Crippen LogP contribution in [0, 0.1) is 0 Å². The largest absolute Gasteiger partial charge is 0.485 e. The van der Waals surface area contributed by atoms with Gasteiger partial charge in [0.1, 0.15) is 17.0 Å². The molecule has 3 nitrogen and oxygen atoms in total. The Morgan fingerprint density at radius 2 is 1.43 bits per heavy atom. The first-order valence-corrected chi connectivity index (χ1v) is 9.03. The van der Waals surface area contributed by atoms with E-state index in [0.717, 1.165) is 18.6 Å². The van der Waals surface area contributed by atoms with E-state index in [1.165, 1.54) is 44.9 Å². The summed E-state index contributed by atoms with van der Waals surface area (Å²) in [6.07, 6.45) is 11.5. The monoisotopic (exact) mass is 320 g/mol. The second-order valence-electron chi connectivity index (χ2n) is 7.46. The Bertz CT molecular complexity index is 469. The Balaban J connectivity index is 0.00000192. The van der Waals surface area contributed by atoms with Crippen molar-refractivity contribution in [3.63, 3.8) is 0 Å². The fraction of sp³-hybridized carbons (Fsp3) is 0.700. The maximum absolute atomic E-state index is 6.68. The average molecular weight is 320 g/mol. The molecule has 0 heterocycles. The van der Waals surface area contributed by atoms with Gasteiger partial charge in [-0.15, -0.1) is 0 Å². The molecule has 2 aliphatic rings. The van der Waals surface area contributed by atoms with Crippen molar-refractivity contribution in [2.24, 2.45) is 0 Å². The van der Waals surface area contributed by atoms with Gasteiger partial charge in [0, 0.05) is 0 Å². The normalized spacial score (nSPS) is 32.1. The zero-order valence-corrected chi connectivity index (χ0v) is 14.6. The van der Waals surface area contributed by atoms with Gasteiger partial charge in [-0.1, -0.05) is 43.9 Å². The number of rotatable bonds is 4. The van der Waals surface area contributed by atoms with E-state index in [2.05, 4.69) is 26.0 Å². The van der Waals surface area contributed by atoms with Crippen molar-refractivity contribution in [3.8, 4) is 5.75 Å². The predicted octanol–water partition coefficient (Wildman–Crippen LogP) is 4.68. The summed E-state index contributed by atoms with van der Waals surface area (Å²) < 4.78 is 13.2. The highest BCUT2D eigenvalue weighted by molar-refractivity contribution is 5.23. The molecule has 1 aromatic carbocycles. The van der Waals surface area contributed by atoms with Crippen molar-refractivity contribution in [1.82, 2.24) is 0 Å². The van der Waals surface area contributed by atoms with Crippen molar-refractivity contribution in [2.75, 3.05) is 0 Å². The highest BCUT2D eigenvalue weighted by Crippen LogP contribution is 2.44. The zero-order chi connectivity index (χ0) is 15.5. The van der Waals surface area contributed by atoms with Crippen LogP contribution in [0.15, 0.2) is 30.3 Å². The summed E-state index contributed by atoms with van der Waals surface area (Å²) in [6, 6.07) is 10.2. The van der Waals surface area contributed by atoms with Crippen LogP contribution in [0.25, 0.3) is 0 Å². The minimum absolute atomic E-state index is 0. The number of benzene rings is 1. The summed E-state index contributed by atoms with van der Waals surface area (Å²) in [7, 11) is 0. The summed E-state index contributed by atoms with van der Waals surface area (Å²) in [5, 5.41) is 0. The molecule has 130 valence electrons. The van der Waals surface area contributed by atoms with Gasteiger partial charge in [-0.05, 0) is 58.1 Å². The first-order valence-electron chi connectivity index (χ1n) is 9.03. The molecule has 3 rings (SSSR count). The molecule has 2 fully saturated rings. The topological polar surface area (TPSA) is 50.0 Å². The molecule has 0 spiro atoms.